The van der Waals surface area contributed by atoms with Gasteiger partial charge in [-0.1, -0.05) is 13.8 Å². The molecule has 0 amide bonds. The van der Waals surface area contributed by atoms with Crippen molar-refractivity contribution in [3.8, 4) is 11.4 Å². The average Bonchev–Trinajstić information content (AvgIpc) is 2.75. The van der Waals surface area contributed by atoms with Gasteiger partial charge in [-0.3, -0.25) is 10.1 Å². The summed E-state index contributed by atoms with van der Waals surface area (Å²) in [7, 11) is 0. The van der Waals surface area contributed by atoms with Gasteiger partial charge in [0.05, 0.1) is 23.8 Å². The van der Waals surface area contributed by atoms with Gasteiger partial charge in [-0.2, -0.15) is 0 Å². The van der Waals surface area contributed by atoms with E-state index in [0.29, 0.717) is 19.0 Å². The second-order valence-electron chi connectivity index (χ2n) is 6.13. The van der Waals surface area contributed by atoms with Crippen molar-refractivity contribution in [1.29, 1.82) is 0 Å². The smallest absolute Gasteiger partial charge is 0.269 e. The molecular formula is C19H25N5O3. The molecule has 8 heteroatoms. The molecule has 0 unspecified atom stereocenters. The van der Waals surface area contributed by atoms with Gasteiger partial charge in [0.2, 0.25) is 0 Å². The average molecular weight is 371 g/mol. The minimum atomic E-state index is -0.402. The molecule has 1 saturated heterocycles. The van der Waals surface area contributed by atoms with Gasteiger partial charge in [0.15, 0.2) is 5.82 Å². The summed E-state index contributed by atoms with van der Waals surface area (Å²) in [5.74, 6) is 1.59. The van der Waals surface area contributed by atoms with Gasteiger partial charge in [0, 0.05) is 42.9 Å². The van der Waals surface area contributed by atoms with Crippen LogP contribution in [0.4, 0.5) is 11.5 Å². The maximum absolute atomic E-state index is 10.8. The monoisotopic (exact) mass is 371 g/mol. The first-order chi connectivity index (χ1) is 13.2. The number of hydrogen-bond acceptors (Lipinski definition) is 7. The van der Waals surface area contributed by atoms with E-state index in [0.717, 1.165) is 49.7 Å². The predicted molar refractivity (Wildman–Crippen MR) is 104 cm³/mol. The maximum Gasteiger partial charge on any atom is 0.269 e. The summed E-state index contributed by atoms with van der Waals surface area (Å²) in [4.78, 5) is 22.2. The molecule has 144 valence electrons. The number of morpholine rings is 1. The van der Waals surface area contributed by atoms with E-state index in [1.807, 2.05) is 13.8 Å². The van der Waals surface area contributed by atoms with E-state index < -0.39 is 4.92 Å². The topological polar surface area (TPSA) is 93.4 Å². The summed E-state index contributed by atoms with van der Waals surface area (Å²) in [6.45, 7) is 8.67. The number of nitro benzene ring substituents is 1. The number of non-ortho nitro benzene ring substituents is 1. The molecule has 27 heavy (non-hydrogen) atoms. The van der Waals surface area contributed by atoms with E-state index in [9.17, 15) is 10.1 Å². The molecule has 1 aromatic carbocycles. The number of aromatic nitrogens is 2. The predicted octanol–water partition coefficient (Wildman–Crippen LogP) is 2.56. The molecule has 0 spiro atoms. The molecule has 0 atom stereocenters. The molecule has 1 aromatic heterocycles. The van der Waals surface area contributed by atoms with Crippen molar-refractivity contribution >= 4 is 11.5 Å². The molecule has 0 radical (unpaired) electrons. The highest BCUT2D eigenvalue weighted by molar-refractivity contribution is 5.62. The first-order valence-electron chi connectivity index (χ1n) is 9.40. The minimum Gasteiger partial charge on any atom is -0.378 e. The van der Waals surface area contributed by atoms with Gasteiger partial charge >= 0.3 is 0 Å². The molecule has 2 aromatic rings. The SMILES string of the molecule is CC.O=[N+]([O-])c1ccc(-c2nc3c(c(N4CCOCC4)n2)CCNC3)cc1. The Morgan fingerprint density at radius 1 is 1.15 bits per heavy atom. The molecule has 2 aliphatic rings. The first kappa shape index (κ1) is 19.2. The third kappa shape index (κ3) is 4.23. The van der Waals surface area contributed by atoms with Crippen LogP contribution >= 0.6 is 0 Å². The fourth-order valence-electron chi connectivity index (χ4n) is 3.24. The third-order valence-corrected chi connectivity index (χ3v) is 4.56. The van der Waals surface area contributed by atoms with Crippen molar-refractivity contribution in [3.05, 3.63) is 45.6 Å². The number of hydrogen-bond donors (Lipinski definition) is 1. The molecule has 4 rings (SSSR count). The van der Waals surface area contributed by atoms with E-state index in [1.165, 1.54) is 17.7 Å². The fraction of sp³-hybridized carbons (Fsp3) is 0.474. The standard InChI is InChI=1S/C17H19N5O3.C2H6/c23-22(24)13-3-1-12(2-4-13)16-19-15-11-18-6-5-14(15)17(20-16)21-7-9-25-10-8-21;1-2/h1-4,18H,5-11H2;1-2H3. The summed E-state index contributed by atoms with van der Waals surface area (Å²) in [5, 5.41) is 14.2. The quantitative estimate of drug-likeness (QED) is 0.654. The Morgan fingerprint density at radius 2 is 1.85 bits per heavy atom. The third-order valence-electron chi connectivity index (χ3n) is 4.56. The number of rotatable bonds is 3. The van der Waals surface area contributed by atoms with Crippen molar-refractivity contribution in [2.45, 2.75) is 26.8 Å². The number of fused-ring (bicyclic) bond motifs is 1. The number of nitrogens with zero attached hydrogens (tertiary/aromatic N) is 4. The fourth-order valence-corrected chi connectivity index (χ4v) is 3.24. The summed E-state index contributed by atoms with van der Waals surface area (Å²) < 4.78 is 5.45. The normalized spacial score (nSPS) is 16.1. The van der Waals surface area contributed by atoms with Gasteiger partial charge in [-0.05, 0) is 25.1 Å². The van der Waals surface area contributed by atoms with Crippen molar-refractivity contribution in [3.63, 3.8) is 0 Å². The maximum atomic E-state index is 10.8. The molecule has 0 saturated carbocycles. The summed E-state index contributed by atoms with van der Waals surface area (Å²) >= 11 is 0. The molecule has 0 bridgehead atoms. The molecule has 3 heterocycles. The van der Waals surface area contributed by atoms with Crippen molar-refractivity contribution in [1.82, 2.24) is 15.3 Å². The van der Waals surface area contributed by atoms with E-state index in [1.54, 1.807) is 12.1 Å². The van der Waals surface area contributed by atoms with Gasteiger partial charge < -0.3 is 15.0 Å². The summed E-state index contributed by atoms with van der Waals surface area (Å²) in [6.07, 6.45) is 0.905. The molecule has 0 aliphatic carbocycles. The van der Waals surface area contributed by atoms with Crippen LogP contribution < -0.4 is 10.2 Å². The van der Waals surface area contributed by atoms with E-state index in [4.69, 9.17) is 14.7 Å². The lowest BCUT2D eigenvalue weighted by atomic mass is 10.1. The zero-order chi connectivity index (χ0) is 19.2. The Labute approximate surface area is 158 Å². The Kier molecular flexibility index (Phi) is 6.31. The van der Waals surface area contributed by atoms with Crippen LogP contribution in [0.2, 0.25) is 0 Å². The van der Waals surface area contributed by atoms with E-state index in [-0.39, 0.29) is 5.69 Å². The van der Waals surface area contributed by atoms with Gasteiger partial charge in [0.1, 0.15) is 5.82 Å². The lowest BCUT2D eigenvalue weighted by Crippen LogP contribution is -2.39. The number of nitro groups is 1. The Hall–Kier alpha value is -2.58. The number of ether oxygens (including phenoxy) is 1. The first-order valence-corrected chi connectivity index (χ1v) is 9.40. The van der Waals surface area contributed by atoms with Crippen molar-refractivity contribution < 1.29 is 9.66 Å². The largest absolute Gasteiger partial charge is 0.378 e. The second-order valence-corrected chi connectivity index (χ2v) is 6.13. The van der Waals surface area contributed by atoms with E-state index in [2.05, 4.69) is 10.2 Å². The lowest BCUT2D eigenvalue weighted by Gasteiger charge is -2.31. The molecular weight excluding hydrogens is 346 g/mol. The van der Waals surface area contributed by atoms with Gasteiger partial charge in [-0.25, -0.2) is 9.97 Å². The lowest BCUT2D eigenvalue weighted by molar-refractivity contribution is -0.384. The number of benzene rings is 1. The van der Waals surface area contributed by atoms with Crippen molar-refractivity contribution in [2.24, 2.45) is 0 Å². The van der Waals surface area contributed by atoms with E-state index >= 15 is 0 Å². The van der Waals surface area contributed by atoms with Crippen LogP contribution in [0, 0.1) is 10.1 Å². The van der Waals surface area contributed by atoms with Gasteiger partial charge in [0.25, 0.3) is 5.69 Å². The zero-order valence-corrected chi connectivity index (χ0v) is 15.8. The highest BCUT2D eigenvalue weighted by atomic mass is 16.6. The highest BCUT2D eigenvalue weighted by Gasteiger charge is 2.23. The van der Waals surface area contributed by atoms with Crippen LogP contribution in [0.3, 0.4) is 0 Å². The number of anilines is 1. The molecule has 1 fully saturated rings. The van der Waals surface area contributed by atoms with Crippen LogP contribution in [0.5, 0.6) is 0 Å². The Balaban J connectivity index is 0.00000102. The Morgan fingerprint density at radius 3 is 2.52 bits per heavy atom. The molecule has 2 aliphatic heterocycles. The van der Waals surface area contributed by atoms with Crippen LogP contribution in [-0.4, -0.2) is 47.7 Å². The molecule has 8 nitrogen and oxygen atoms in total. The zero-order valence-electron chi connectivity index (χ0n) is 15.8. The molecule has 1 N–H and O–H groups in total. The van der Waals surface area contributed by atoms with Crippen LogP contribution in [0.25, 0.3) is 11.4 Å². The van der Waals surface area contributed by atoms with Crippen molar-refractivity contribution in [2.75, 3.05) is 37.7 Å². The minimum absolute atomic E-state index is 0.0665. The van der Waals surface area contributed by atoms with Crippen LogP contribution in [0.1, 0.15) is 25.1 Å². The number of nitrogens with one attached hydrogen (secondary N) is 1. The summed E-state index contributed by atoms with van der Waals surface area (Å²) in [6, 6.07) is 6.40. The summed E-state index contributed by atoms with van der Waals surface area (Å²) in [5.41, 5.74) is 3.06. The van der Waals surface area contributed by atoms with Gasteiger partial charge in [-0.15, -0.1) is 0 Å². The highest BCUT2D eigenvalue weighted by Crippen LogP contribution is 2.28. The Bertz CT molecular complexity index is 789. The second kappa shape index (κ2) is 8.88. The van der Waals surface area contributed by atoms with Crippen LogP contribution in [0.15, 0.2) is 24.3 Å². The van der Waals surface area contributed by atoms with Crippen LogP contribution in [-0.2, 0) is 17.7 Å².